The Kier molecular flexibility index (Phi) is 4.78. The number of thioether (sulfide) groups is 1. The van der Waals surface area contributed by atoms with Crippen molar-refractivity contribution in [2.24, 2.45) is 22.2 Å². The van der Waals surface area contributed by atoms with Gasteiger partial charge < -0.3 is 4.74 Å². The summed E-state index contributed by atoms with van der Waals surface area (Å²) in [6, 6.07) is 10.5. The van der Waals surface area contributed by atoms with Crippen LogP contribution in [0.1, 0.15) is 55.2 Å². The van der Waals surface area contributed by atoms with Crippen LogP contribution in [0, 0.1) is 17.3 Å². The van der Waals surface area contributed by atoms with Crippen molar-refractivity contribution < 1.29 is 17.9 Å². The Morgan fingerprint density at radius 3 is 2.76 bits per heavy atom. The molecule has 1 aliphatic heterocycles. The standard InChI is InChI=1S/C27H26F3NOS/c1-26-10-9-20-19-7-5-18(32-2)11-15(19)3-6-21(20)22(26)12-16-14-31-23-13-17(27(28,29)30)4-8-24(23)33-25(16)26/h4-5,7-8,11,13-14,20-22H,3,6,9-10,12H2,1-2H3/t20-,21-,22+,26+/m1/s1. The Morgan fingerprint density at radius 1 is 1.12 bits per heavy atom. The smallest absolute Gasteiger partial charge is 0.416 e. The average molecular weight is 470 g/mol. The van der Waals surface area contributed by atoms with E-state index < -0.39 is 11.7 Å². The number of allylic oxidation sites excluding steroid dienone is 2. The number of hydrogen-bond acceptors (Lipinski definition) is 3. The highest BCUT2D eigenvalue weighted by molar-refractivity contribution is 8.03. The Bertz CT molecular complexity index is 1200. The normalized spacial score (nSPS) is 30.0. The van der Waals surface area contributed by atoms with Gasteiger partial charge >= 0.3 is 6.18 Å². The van der Waals surface area contributed by atoms with Crippen LogP contribution in [0.15, 0.2) is 56.8 Å². The molecule has 0 N–H and O–H groups in total. The van der Waals surface area contributed by atoms with Gasteiger partial charge in [-0.2, -0.15) is 13.2 Å². The van der Waals surface area contributed by atoms with Gasteiger partial charge in [-0.1, -0.05) is 24.8 Å². The van der Waals surface area contributed by atoms with Gasteiger partial charge in [-0.25, -0.2) is 0 Å². The predicted molar refractivity (Wildman–Crippen MR) is 125 cm³/mol. The first-order valence-corrected chi connectivity index (χ1v) is 12.4. The molecular formula is C27H26F3NOS. The van der Waals surface area contributed by atoms with Gasteiger partial charge in [0.1, 0.15) is 5.75 Å². The monoisotopic (exact) mass is 469 g/mol. The molecule has 172 valence electrons. The number of ether oxygens (including phenoxy) is 1. The number of hydrogen-bond donors (Lipinski definition) is 0. The number of rotatable bonds is 1. The summed E-state index contributed by atoms with van der Waals surface area (Å²) in [4.78, 5) is 6.69. The molecule has 0 amide bonds. The fourth-order valence-corrected chi connectivity index (χ4v) is 8.12. The van der Waals surface area contributed by atoms with Crippen LogP contribution >= 0.6 is 11.8 Å². The quantitative estimate of drug-likeness (QED) is 0.423. The number of nitrogens with zero attached hydrogens (tertiary/aromatic N) is 1. The molecule has 4 aliphatic rings. The third-order valence-electron chi connectivity index (χ3n) is 8.43. The Balaban J connectivity index is 1.32. The van der Waals surface area contributed by atoms with E-state index >= 15 is 0 Å². The van der Waals surface area contributed by atoms with Crippen molar-refractivity contribution in [3.8, 4) is 5.75 Å². The largest absolute Gasteiger partial charge is 0.497 e. The lowest BCUT2D eigenvalue weighted by molar-refractivity contribution is -0.137. The van der Waals surface area contributed by atoms with Gasteiger partial charge in [-0.3, -0.25) is 4.99 Å². The zero-order valence-electron chi connectivity index (χ0n) is 18.7. The second kappa shape index (κ2) is 7.39. The SMILES string of the molecule is COc1ccc2c(c1)CC[C@@H]1[C@@H]2CC[C@]2(C)C3=C(C=Nc4cc(C(F)(F)F)ccc4S3)C[C@@H]12. The summed E-state index contributed by atoms with van der Waals surface area (Å²) in [5.74, 6) is 2.68. The van der Waals surface area contributed by atoms with Gasteiger partial charge in [0.25, 0.3) is 0 Å². The fourth-order valence-electron chi connectivity index (χ4n) is 6.79. The van der Waals surface area contributed by atoms with Crippen LogP contribution in [0.2, 0.25) is 0 Å². The first kappa shape index (κ1) is 21.3. The minimum atomic E-state index is -4.35. The van der Waals surface area contributed by atoms with Gasteiger partial charge in [-0.05, 0) is 96.9 Å². The second-order valence-corrected chi connectivity index (χ2v) is 11.1. The molecule has 2 aromatic rings. The molecule has 0 aromatic heterocycles. The summed E-state index contributed by atoms with van der Waals surface area (Å²) in [7, 11) is 1.72. The minimum Gasteiger partial charge on any atom is -0.497 e. The topological polar surface area (TPSA) is 21.6 Å². The summed E-state index contributed by atoms with van der Waals surface area (Å²) in [6.07, 6.45) is 2.97. The van der Waals surface area contributed by atoms with Crippen LogP contribution in [0.3, 0.4) is 0 Å². The first-order chi connectivity index (χ1) is 15.8. The molecule has 0 bridgehead atoms. The molecule has 1 saturated carbocycles. The molecule has 1 fully saturated rings. The highest BCUT2D eigenvalue weighted by atomic mass is 32.2. The van der Waals surface area contributed by atoms with Gasteiger partial charge in [0.05, 0.1) is 18.4 Å². The van der Waals surface area contributed by atoms with Crippen LogP contribution in [-0.4, -0.2) is 13.3 Å². The van der Waals surface area contributed by atoms with Crippen molar-refractivity contribution in [2.75, 3.05) is 7.11 Å². The third kappa shape index (κ3) is 3.28. The molecule has 4 atom stereocenters. The minimum absolute atomic E-state index is 0.0570. The molecule has 6 rings (SSSR count). The van der Waals surface area contributed by atoms with E-state index in [1.165, 1.54) is 40.2 Å². The van der Waals surface area contributed by atoms with Gasteiger partial charge in [-0.15, -0.1) is 0 Å². The Labute approximate surface area is 196 Å². The molecule has 0 radical (unpaired) electrons. The highest BCUT2D eigenvalue weighted by Crippen LogP contribution is 2.66. The molecular weight excluding hydrogens is 443 g/mol. The van der Waals surface area contributed by atoms with E-state index in [-0.39, 0.29) is 5.41 Å². The maximum Gasteiger partial charge on any atom is 0.416 e. The summed E-state index contributed by atoms with van der Waals surface area (Å²) in [5.41, 5.74) is 3.99. The highest BCUT2D eigenvalue weighted by Gasteiger charge is 2.54. The number of benzene rings is 2. The molecule has 33 heavy (non-hydrogen) atoms. The third-order valence-corrected chi connectivity index (χ3v) is 9.93. The zero-order chi connectivity index (χ0) is 23.0. The lowest BCUT2D eigenvalue weighted by atomic mass is 9.55. The summed E-state index contributed by atoms with van der Waals surface area (Å²) < 4.78 is 45.1. The average Bonchev–Trinajstić information content (AvgIpc) is 2.95. The van der Waals surface area contributed by atoms with Crippen molar-refractivity contribution in [1.82, 2.24) is 0 Å². The maximum absolute atomic E-state index is 13.2. The van der Waals surface area contributed by atoms with Gasteiger partial charge in [0.2, 0.25) is 0 Å². The molecule has 2 nitrogen and oxygen atoms in total. The molecule has 6 heteroatoms. The number of aryl methyl sites for hydroxylation is 1. The number of alkyl halides is 3. The molecule has 0 saturated heterocycles. The molecule has 0 spiro atoms. The molecule has 3 aliphatic carbocycles. The van der Waals surface area contributed by atoms with E-state index in [1.54, 1.807) is 24.9 Å². The van der Waals surface area contributed by atoms with E-state index in [4.69, 9.17) is 4.74 Å². The number of fused-ring (bicyclic) bond motifs is 7. The van der Waals surface area contributed by atoms with E-state index in [2.05, 4.69) is 30.1 Å². The summed E-state index contributed by atoms with van der Waals surface area (Å²) in [5, 5.41) is 0. The number of aliphatic imine (C=N–C) groups is 1. The van der Waals surface area contributed by atoms with Crippen molar-refractivity contribution in [3.05, 3.63) is 63.6 Å². The Morgan fingerprint density at radius 2 is 1.97 bits per heavy atom. The number of methoxy groups -OCH3 is 1. The van der Waals surface area contributed by atoms with Gasteiger partial charge in [0.15, 0.2) is 0 Å². The van der Waals surface area contributed by atoms with Crippen molar-refractivity contribution in [2.45, 2.75) is 56.0 Å². The Hall–Kier alpha value is -2.21. The van der Waals surface area contributed by atoms with Crippen molar-refractivity contribution in [1.29, 1.82) is 0 Å². The molecule has 1 heterocycles. The summed E-state index contributed by atoms with van der Waals surface area (Å²) in [6.45, 7) is 2.38. The lowest BCUT2D eigenvalue weighted by Gasteiger charge is -2.50. The van der Waals surface area contributed by atoms with Crippen molar-refractivity contribution in [3.63, 3.8) is 0 Å². The first-order valence-electron chi connectivity index (χ1n) is 11.6. The zero-order valence-corrected chi connectivity index (χ0v) is 19.5. The predicted octanol–water partition coefficient (Wildman–Crippen LogP) is 7.94. The van der Waals surface area contributed by atoms with Crippen LogP contribution in [-0.2, 0) is 12.6 Å². The lowest BCUT2D eigenvalue weighted by Crippen LogP contribution is -2.40. The van der Waals surface area contributed by atoms with E-state index in [9.17, 15) is 13.2 Å². The van der Waals surface area contributed by atoms with Crippen LogP contribution in [0.5, 0.6) is 5.75 Å². The van der Waals surface area contributed by atoms with Crippen LogP contribution in [0.25, 0.3) is 0 Å². The fraction of sp³-hybridized carbons (Fsp3) is 0.444. The summed E-state index contributed by atoms with van der Waals surface area (Å²) >= 11 is 1.65. The maximum atomic E-state index is 13.2. The number of halogens is 3. The van der Waals surface area contributed by atoms with E-state index in [0.29, 0.717) is 23.4 Å². The van der Waals surface area contributed by atoms with E-state index in [0.717, 1.165) is 36.3 Å². The van der Waals surface area contributed by atoms with Crippen LogP contribution in [0.4, 0.5) is 18.9 Å². The molecule has 0 unspecified atom stereocenters. The van der Waals surface area contributed by atoms with Crippen LogP contribution < -0.4 is 4.74 Å². The van der Waals surface area contributed by atoms with Crippen molar-refractivity contribution >= 4 is 23.7 Å². The van der Waals surface area contributed by atoms with E-state index in [1.807, 2.05) is 6.21 Å². The van der Waals surface area contributed by atoms with Gasteiger partial charge in [0, 0.05) is 21.4 Å². The second-order valence-electron chi connectivity index (χ2n) is 10.0. The molecule has 2 aromatic carbocycles.